The van der Waals surface area contributed by atoms with Crippen LogP contribution in [0.4, 0.5) is 0 Å². The fourth-order valence-corrected chi connectivity index (χ4v) is 2.08. The summed E-state index contributed by atoms with van der Waals surface area (Å²) < 4.78 is 0. The normalized spacial score (nSPS) is 24.1. The second kappa shape index (κ2) is 5.38. The van der Waals surface area contributed by atoms with E-state index in [4.69, 9.17) is 6.42 Å². The van der Waals surface area contributed by atoms with Crippen LogP contribution in [-0.4, -0.2) is 36.1 Å². The van der Waals surface area contributed by atoms with Gasteiger partial charge < -0.3 is 5.32 Å². The van der Waals surface area contributed by atoms with Crippen LogP contribution in [0.25, 0.3) is 0 Å². The van der Waals surface area contributed by atoms with Gasteiger partial charge in [-0.05, 0) is 40.2 Å². The maximum atomic E-state index is 5.47. The molecule has 1 aliphatic rings. The molecule has 1 N–H and O–H groups in total. The molecule has 0 aromatic heterocycles. The molecule has 1 fully saturated rings. The number of terminal acetylenes is 1. The monoisotopic (exact) mass is 194 g/mol. The van der Waals surface area contributed by atoms with E-state index < -0.39 is 0 Å². The first kappa shape index (κ1) is 11.6. The Bertz CT molecular complexity index is 199. The van der Waals surface area contributed by atoms with E-state index in [2.05, 4.69) is 36.9 Å². The van der Waals surface area contributed by atoms with E-state index in [9.17, 15) is 0 Å². The zero-order valence-electron chi connectivity index (χ0n) is 9.59. The minimum atomic E-state index is 0.248. The molecule has 1 rings (SSSR count). The van der Waals surface area contributed by atoms with Gasteiger partial charge in [-0.25, -0.2) is 0 Å². The van der Waals surface area contributed by atoms with Crippen LogP contribution >= 0.6 is 0 Å². The van der Waals surface area contributed by atoms with Crippen LogP contribution in [0.2, 0.25) is 0 Å². The largest absolute Gasteiger partial charge is 0.313 e. The minimum Gasteiger partial charge on any atom is -0.313 e. The van der Waals surface area contributed by atoms with Crippen molar-refractivity contribution in [3.05, 3.63) is 0 Å². The molecule has 80 valence electrons. The molecule has 1 aliphatic heterocycles. The first-order chi connectivity index (χ1) is 6.65. The maximum absolute atomic E-state index is 5.47. The molecular formula is C12H22N2. The molecule has 0 aromatic rings. The Kier molecular flexibility index (Phi) is 4.44. The zero-order chi connectivity index (χ0) is 10.6. The van der Waals surface area contributed by atoms with Crippen molar-refractivity contribution in [2.75, 3.05) is 13.1 Å². The van der Waals surface area contributed by atoms with Gasteiger partial charge in [-0.2, -0.15) is 0 Å². The number of rotatable bonds is 4. The first-order valence-corrected chi connectivity index (χ1v) is 5.60. The lowest BCUT2D eigenvalue weighted by molar-refractivity contribution is 0.180. The third-order valence-corrected chi connectivity index (χ3v) is 3.00. The summed E-state index contributed by atoms with van der Waals surface area (Å²) >= 11 is 0. The Balaban J connectivity index is 2.46. The van der Waals surface area contributed by atoms with Crippen molar-refractivity contribution >= 4 is 0 Å². The summed E-state index contributed by atoms with van der Waals surface area (Å²) in [5, 5.41) is 3.51. The lowest BCUT2D eigenvalue weighted by atomic mass is 10.1. The van der Waals surface area contributed by atoms with Crippen molar-refractivity contribution in [3.8, 4) is 12.3 Å². The van der Waals surface area contributed by atoms with Crippen molar-refractivity contribution in [1.29, 1.82) is 0 Å². The molecule has 2 unspecified atom stereocenters. The second-order valence-electron chi connectivity index (χ2n) is 4.43. The maximum Gasteiger partial charge on any atom is 0.0686 e. The molecule has 2 nitrogen and oxygen atoms in total. The van der Waals surface area contributed by atoms with Gasteiger partial charge in [0, 0.05) is 18.6 Å². The summed E-state index contributed by atoms with van der Waals surface area (Å²) in [6.45, 7) is 8.78. The molecule has 14 heavy (non-hydrogen) atoms. The van der Waals surface area contributed by atoms with Gasteiger partial charge in [0.05, 0.1) is 6.04 Å². The Hall–Kier alpha value is -0.520. The molecule has 0 amide bonds. The molecule has 0 saturated carbocycles. The molecule has 0 bridgehead atoms. The Morgan fingerprint density at radius 1 is 1.50 bits per heavy atom. The van der Waals surface area contributed by atoms with Crippen molar-refractivity contribution in [1.82, 2.24) is 10.2 Å². The highest BCUT2D eigenvalue weighted by atomic mass is 15.2. The molecule has 2 heteroatoms. The van der Waals surface area contributed by atoms with Gasteiger partial charge in [0.1, 0.15) is 0 Å². The molecule has 0 aliphatic carbocycles. The average Bonchev–Trinajstić information content (AvgIpc) is 2.65. The van der Waals surface area contributed by atoms with Crippen LogP contribution in [-0.2, 0) is 0 Å². The molecule has 1 heterocycles. The van der Waals surface area contributed by atoms with E-state index in [-0.39, 0.29) is 6.04 Å². The number of nitrogens with zero attached hydrogens (tertiary/aromatic N) is 1. The predicted octanol–water partition coefficient (Wildman–Crippen LogP) is 1.47. The number of hydrogen-bond acceptors (Lipinski definition) is 2. The van der Waals surface area contributed by atoms with Gasteiger partial charge in [0.15, 0.2) is 0 Å². The highest BCUT2D eigenvalue weighted by Crippen LogP contribution is 2.11. The number of hydrogen-bond donors (Lipinski definition) is 1. The van der Waals surface area contributed by atoms with E-state index in [1.807, 2.05) is 0 Å². The minimum absolute atomic E-state index is 0.248. The summed E-state index contributed by atoms with van der Waals surface area (Å²) in [4.78, 5) is 2.39. The molecule has 0 spiro atoms. The van der Waals surface area contributed by atoms with Gasteiger partial charge in [-0.15, -0.1) is 6.42 Å². The fraction of sp³-hybridized carbons (Fsp3) is 0.833. The van der Waals surface area contributed by atoms with Crippen molar-refractivity contribution < 1.29 is 0 Å². The Labute approximate surface area is 88.1 Å². The van der Waals surface area contributed by atoms with Crippen LogP contribution in [0.1, 0.15) is 33.6 Å². The quantitative estimate of drug-likeness (QED) is 0.682. The average molecular weight is 194 g/mol. The standard InChI is InChI=1S/C12H22N2/c1-5-11(4)14(10(2)3)9-12-7-6-8-13-12/h1,10-13H,6-9H2,2-4H3. The van der Waals surface area contributed by atoms with Crippen molar-refractivity contribution in [2.45, 2.75) is 51.7 Å². The van der Waals surface area contributed by atoms with E-state index in [1.54, 1.807) is 0 Å². The van der Waals surface area contributed by atoms with Crippen LogP contribution in [0, 0.1) is 12.3 Å². The third kappa shape index (κ3) is 3.01. The number of nitrogens with one attached hydrogen (secondary N) is 1. The van der Waals surface area contributed by atoms with Crippen LogP contribution in [0.5, 0.6) is 0 Å². The lowest BCUT2D eigenvalue weighted by Gasteiger charge is -2.32. The van der Waals surface area contributed by atoms with E-state index in [0.29, 0.717) is 12.1 Å². The van der Waals surface area contributed by atoms with Crippen molar-refractivity contribution in [2.24, 2.45) is 0 Å². The van der Waals surface area contributed by atoms with Gasteiger partial charge in [-0.1, -0.05) is 5.92 Å². The Morgan fingerprint density at radius 3 is 2.64 bits per heavy atom. The van der Waals surface area contributed by atoms with E-state index in [0.717, 1.165) is 6.54 Å². The second-order valence-corrected chi connectivity index (χ2v) is 4.43. The highest BCUT2D eigenvalue weighted by molar-refractivity contribution is 4.99. The van der Waals surface area contributed by atoms with Crippen LogP contribution in [0.3, 0.4) is 0 Å². The van der Waals surface area contributed by atoms with Crippen LogP contribution < -0.4 is 5.32 Å². The fourth-order valence-electron chi connectivity index (χ4n) is 2.08. The summed E-state index contributed by atoms with van der Waals surface area (Å²) in [6, 6.07) is 1.43. The van der Waals surface area contributed by atoms with Crippen molar-refractivity contribution in [3.63, 3.8) is 0 Å². The SMILES string of the molecule is C#CC(C)N(CC1CCCN1)C(C)C. The van der Waals surface area contributed by atoms with E-state index in [1.165, 1.54) is 19.4 Å². The smallest absolute Gasteiger partial charge is 0.0686 e. The summed E-state index contributed by atoms with van der Waals surface area (Å²) in [5.74, 6) is 2.82. The molecule has 0 aromatic carbocycles. The molecular weight excluding hydrogens is 172 g/mol. The van der Waals surface area contributed by atoms with Gasteiger partial charge in [0.2, 0.25) is 0 Å². The molecule has 1 saturated heterocycles. The highest BCUT2D eigenvalue weighted by Gasteiger charge is 2.22. The zero-order valence-corrected chi connectivity index (χ0v) is 9.59. The predicted molar refractivity (Wildman–Crippen MR) is 61.2 cm³/mol. The summed E-state index contributed by atoms with van der Waals surface area (Å²) in [7, 11) is 0. The Morgan fingerprint density at radius 2 is 2.21 bits per heavy atom. The molecule has 2 atom stereocenters. The summed E-state index contributed by atoms with van der Waals surface area (Å²) in [6.07, 6.45) is 8.07. The van der Waals surface area contributed by atoms with Gasteiger partial charge >= 0.3 is 0 Å². The topological polar surface area (TPSA) is 15.3 Å². The van der Waals surface area contributed by atoms with Gasteiger partial charge in [-0.3, -0.25) is 4.90 Å². The summed E-state index contributed by atoms with van der Waals surface area (Å²) in [5.41, 5.74) is 0. The van der Waals surface area contributed by atoms with Crippen LogP contribution in [0.15, 0.2) is 0 Å². The lowest BCUT2D eigenvalue weighted by Crippen LogP contribution is -2.45. The first-order valence-electron chi connectivity index (χ1n) is 5.60. The third-order valence-electron chi connectivity index (χ3n) is 3.00. The molecule has 0 radical (unpaired) electrons. The van der Waals surface area contributed by atoms with Gasteiger partial charge in [0.25, 0.3) is 0 Å². The van der Waals surface area contributed by atoms with E-state index >= 15 is 0 Å².